The van der Waals surface area contributed by atoms with Crippen LogP contribution in [0.15, 0.2) is 0 Å². The molecule has 2 aliphatic rings. The van der Waals surface area contributed by atoms with Crippen LogP contribution in [0, 0.1) is 5.92 Å². The van der Waals surface area contributed by atoms with Crippen molar-refractivity contribution in [2.75, 3.05) is 20.2 Å². The molecule has 0 spiro atoms. The van der Waals surface area contributed by atoms with E-state index in [4.69, 9.17) is 10.5 Å². The lowest BCUT2D eigenvalue weighted by atomic mass is 9.78. The fourth-order valence-corrected chi connectivity index (χ4v) is 3.64. The first-order chi connectivity index (χ1) is 8.54. The lowest BCUT2D eigenvalue weighted by Gasteiger charge is -2.46. The van der Waals surface area contributed by atoms with Gasteiger partial charge in [0.25, 0.3) is 0 Å². The second-order valence-electron chi connectivity index (χ2n) is 6.13. The molecule has 18 heavy (non-hydrogen) atoms. The Morgan fingerprint density at radius 2 is 2.00 bits per heavy atom. The lowest BCUT2D eigenvalue weighted by Crippen LogP contribution is -2.59. The zero-order valence-corrected chi connectivity index (χ0v) is 11.7. The summed E-state index contributed by atoms with van der Waals surface area (Å²) in [4.78, 5) is 14.1. The normalized spacial score (nSPS) is 32.4. The highest BCUT2D eigenvalue weighted by molar-refractivity contribution is 5.80. The minimum Gasteiger partial charge on any atom is -0.468 e. The summed E-state index contributed by atoms with van der Waals surface area (Å²) >= 11 is 0. The first-order valence-corrected chi connectivity index (χ1v) is 7.16. The Hall–Kier alpha value is -0.610. The third-order valence-corrected chi connectivity index (χ3v) is 4.54. The number of piperidine rings is 1. The van der Waals surface area contributed by atoms with Crippen LogP contribution < -0.4 is 5.73 Å². The SMILES string of the molecule is COC(=O)C(C)(N)CN1CCCC2CCCCC21. The average Bonchev–Trinajstić information content (AvgIpc) is 2.38. The zero-order chi connectivity index (χ0) is 13.2. The van der Waals surface area contributed by atoms with E-state index in [-0.39, 0.29) is 5.97 Å². The van der Waals surface area contributed by atoms with Gasteiger partial charge < -0.3 is 10.5 Å². The summed E-state index contributed by atoms with van der Waals surface area (Å²) in [6.07, 6.45) is 7.88. The molecule has 1 saturated heterocycles. The van der Waals surface area contributed by atoms with Crippen LogP contribution >= 0.6 is 0 Å². The second-order valence-corrected chi connectivity index (χ2v) is 6.13. The Morgan fingerprint density at radius 1 is 1.33 bits per heavy atom. The number of nitrogens with zero attached hydrogens (tertiary/aromatic N) is 1. The van der Waals surface area contributed by atoms with E-state index in [1.54, 1.807) is 6.92 Å². The van der Waals surface area contributed by atoms with Crippen LogP contribution in [-0.2, 0) is 9.53 Å². The summed E-state index contributed by atoms with van der Waals surface area (Å²) in [5.41, 5.74) is 5.23. The highest BCUT2D eigenvalue weighted by Crippen LogP contribution is 2.35. The molecule has 2 N–H and O–H groups in total. The minimum atomic E-state index is -0.881. The van der Waals surface area contributed by atoms with E-state index in [1.165, 1.54) is 45.6 Å². The summed E-state index contributed by atoms with van der Waals surface area (Å²) in [6.45, 7) is 3.48. The monoisotopic (exact) mass is 254 g/mol. The first kappa shape index (κ1) is 13.8. The van der Waals surface area contributed by atoms with Crippen LogP contribution in [0.2, 0.25) is 0 Å². The summed E-state index contributed by atoms with van der Waals surface area (Å²) < 4.78 is 4.80. The predicted octanol–water partition coefficient (Wildman–Crippen LogP) is 1.53. The van der Waals surface area contributed by atoms with Gasteiger partial charge in [-0.2, -0.15) is 0 Å². The summed E-state index contributed by atoms with van der Waals surface area (Å²) in [7, 11) is 1.41. The van der Waals surface area contributed by atoms with E-state index in [2.05, 4.69) is 4.90 Å². The van der Waals surface area contributed by atoms with Crippen LogP contribution in [0.4, 0.5) is 0 Å². The zero-order valence-electron chi connectivity index (χ0n) is 11.7. The Kier molecular flexibility index (Phi) is 4.28. The molecule has 1 saturated carbocycles. The van der Waals surface area contributed by atoms with Crippen molar-refractivity contribution in [1.29, 1.82) is 0 Å². The molecule has 1 aliphatic carbocycles. The van der Waals surface area contributed by atoms with Crippen LogP contribution in [0.5, 0.6) is 0 Å². The molecule has 2 rings (SSSR count). The largest absolute Gasteiger partial charge is 0.468 e. The van der Waals surface area contributed by atoms with Gasteiger partial charge in [0.2, 0.25) is 0 Å². The van der Waals surface area contributed by atoms with Crippen LogP contribution in [0.1, 0.15) is 45.4 Å². The summed E-state index contributed by atoms with van der Waals surface area (Å²) in [5.74, 6) is 0.515. The third-order valence-electron chi connectivity index (χ3n) is 4.54. The predicted molar refractivity (Wildman–Crippen MR) is 71.2 cm³/mol. The first-order valence-electron chi connectivity index (χ1n) is 7.16. The Labute approximate surface area is 110 Å². The van der Waals surface area contributed by atoms with E-state index in [9.17, 15) is 4.79 Å². The molecule has 3 unspecified atom stereocenters. The van der Waals surface area contributed by atoms with Gasteiger partial charge >= 0.3 is 5.97 Å². The average molecular weight is 254 g/mol. The van der Waals surface area contributed by atoms with Gasteiger partial charge in [-0.15, -0.1) is 0 Å². The van der Waals surface area contributed by atoms with Crippen LogP contribution in [0.3, 0.4) is 0 Å². The maximum Gasteiger partial charge on any atom is 0.326 e. The minimum absolute atomic E-state index is 0.305. The molecule has 0 bridgehead atoms. The molecule has 1 aliphatic heterocycles. The van der Waals surface area contributed by atoms with E-state index in [1.807, 2.05) is 0 Å². The van der Waals surface area contributed by atoms with Crippen molar-refractivity contribution >= 4 is 5.97 Å². The number of nitrogens with two attached hydrogens (primary N) is 1. The van der Waals surface area contributed by atoms with Gasteiger partial charge in [0.15, 0.2) is 0 Å². The van der Waals surface area contributed by atoms with Crippen molar-refractivity contribution < 1.29 is 9.53 Å². The molecule has 0 aromatic rings. The summed E-state index contributed by atoms with van der Waals surface area (Å²) in [6, 6.07) is 0.639. The number of carbonyl (C=O) groups excluding carboxylic acids is 1. The third kappa shape index (κ3) is 2.86. The Morgan fingerprint density at radius 3 is 2.72 bits per heavy atom. The fraction of sp³-hybridized carbons (Fsp3) is 0.929. The van der Waals surface area contributed by atoms with Crippen molar-refractivity contribution in [3.05, 3.63) is 0 Å². The smallest absolute Gasteiger partial charge is 0.326 e. The highest BCUT2D eigenvalue weighted by Gasteiger charge is 2.38. The molecule has 0 amide bonds. The number of methoxy groups -OCH3 is 1. The van der Waals surface area contributed by atoms with Crippen molar-refractivity contribution in [2.45, 2.75) is 57.0 Å². The van der Waals surface area contributed by atoms with E-state index >= 15 is 0 Å². The number of fused-ring (bicyclic) bond motifs is 1. The lowest BCUT2D eigenvalue weighted by molar-refractivity contribution is -0.147. The molecule has 104 valence electrons. The number of rotatable bonds is 3. The maximum atomic E-state index is 11.7. The molecule has 0 aromatic heterocycles. The maximum absolute atomic E-state index is 11.7. The number of hydrogen-bond donors (Lipinski definition) is 1. The molecule has 4 heteroatoms. The standard InChI is InChI=1S/C14H26N2O2/c1-14(15,13(17)18-2)10-16-9-5-7-11-6-3-4-8-12(11)16/h11-12H,3-10,15H2,1-2H3. The van der Waals surface area contributed by atoms with Gasteiger partial charge in [0.1, 0.15) is 5.54 Å². The van der Waals surface area contributed by atoms with E-state index < -0.39 is 5.54 Å². The number of ether oxygens (including phenoxy) is 1. The summed E-state index contributed by atoms with van der Waals surface area (Å²) in [5, 5.41) is 0. The second kappa shape index (κ2) is 5.57. The van der Waals surface area contributed by atoms with Crippen molar-refractivity contribution in [3.63, 3.8) is 0 Å². The van der Waals surface area contributed by atoms with Crippen LogP contribution in [0.25, 0.3) is 0 Å². The molecule has 1 heterocycles. The quantitative estimate of drug-likeness (QED) is 0.776. The van der Waals surface area contributed by atoms with Gasteiger partial charge in [-0.3, -0.25) is 9.69 Å². The fourth-order valence-electron chi connectivity index (χ4n) is 3.64. The Balaban J connectivity index is 2.01. The number of esters is 1. The van der Waals surface area contributed by atoms with E-state index in [0.717, 1.165) is 12.5 Å². The van der Waals surface area contributed by atoms with Crippen molar-refractivity contribution in [1.82, 2.24) is 4.90 Å². The molecule has 2 fully saturated rings. The van der Waals surface area contributed by atoms with Gasteiger partial charge in [-0.25, -0.2) is 0 Å². The highest BCUT2D eigenvalue weighted by atomic mass is 16.5. The molecule has 3 atom stereocenters. The number of carbonyl (C=O) groups is 1. The van der Waals surface area contributed by atoms with Gasteiger partial charge in [0.05, 0.1) is 7.11 Å². The van der Waals surface area contributed by atoms with Crippen LogP contribution in [-0.4, -0.2) is 42.6 Å². The molecule has 0 aromatic carbocycles. The van der Waals surface area contributed by atoms with Gasteiger partial charge in [-0.1, -0.05) is 12.8 Å². The van der Waals surface area contributed by atoms with E-state index in [0.29, 0.717) is 12.6 Å². The Bertz CT molecular complexity index is 302. The van der Waals surface area contributed by atoms with Gasteiger partial charge in [-0.05, 0) is 45.1 Å². The topological polar surface area (TPSA) is 55.6 Å². The number of likely N-dealkylation sites (tertiary alicyclic amines) is 1. The van der Waals surface area contributed by atoms with Crippen molar-refractivity contribution in [3.8, 4) is 0 Å². The van der Waals surface area contributed by atoms with Crippen molar-refractivity contribution in [2.24, 2.45) is 11.7 Å². The molecular weight excluding hydrogens is 228 g/mol. The molecular formula is C14H26N2O2. The molecule has 0 radical (unpaired) electrons. The van der Waals surface area contributed by atoms with Gasteiger partial charge in [0, 0.05) is 12.6 Å². The molecule has 4 nitrogen and oxygen atoms in total. The number of hydrogen-bond acceptors (Lipinski definition) is 4.